The normalized spacial score (nSPS) is 16.6. The van der Waals surface area contributed by atoms with Gasteiger partial charge in [-0.25, -0.2) is 9.78 Å². The van der Waals surface area contributed by atoms with Gasteiger partial charge in [0.2, 0.25) is 5.91 Å². The molecule has 0 saturated heterocycles. The van der Waals surface area contributed by atoms with E-state index in [-0.39, 0.29) is 11.5 Å². The Labute approximate surface area is 152 Å². The van der Waals surface area contributed by atoms with Crippen molar-refractivity contribution in [2.45, 2.75) is 50.2 Å². The molecule has 1 atom stereocenters. The fourth-order valence-electron chi connectivity index (χ4n) is 2.50. The van der Waals surface area contributed by atoms with E-state index in [9.17, 15) is 14.4 Å². The lowest BCUT2D eigenvalue weighted by atomic mass is 10.2. The average molecular weight is 381 g/mol. The van der Waals surface area contributed by atoms with Gasteiger partial charge < -0.3 is 15.4 Å². The fourth-order valence-corrected chi connectivity index (χ4v) is 4.31. The van der Waals surface area contributed by atoms with E-state index in [2.05, 4.69) is 15.3 Å². The number of aromatic nitrogens is 2. The number of aromatic amines is 1. The van der Waals surface area contributed by atoms with Gasteiger partial charge in [0.15, 0.2) is 0 Å². The Kier molecular flexibility index (Phi) is 4.63. The summed E-state index contributed by atoms with van der Waals surface area (Å²) in [6.07, 6.45) is 0.933. The smallest absolute Gasteiger partial charge is 0.329 e. The van der Waals surface area contributed by atoms with Crippen molar-refractivity contribution in [3.05, 3.63) is 26.6 Å². The van der Waals surface area contributed by atoms with Gasteiger partial charge in [0.25, 0.3) is 5.56 Å². The monoisotopic (exact) mass is 381 g/mol. The van der Waals surface area contributed by atoms with Gasteiger partial charge in [-0.2, -0.15) is 0 Å². The van der Waals surface area contributed by atoms with Crippen molar-refractivity contribution in [2.24, 2.45) is 0 Å². The molecule has 1 saturated carbocycles. The van der Waals surface area contributed by atoms with Crippen LogP contribution in [0.3, 0.4) is 0 Å². The number of aliphatic carboxylic acids is 1. The number of carboxylic acid groups (broad SMARTS) is 1. The molecule has 3 N–H and O–H groups in total. The van der Waals surface area contributed by atoms with E-state index in [0.717, 1.165) is 10.4 Å². The number of carbonyl (C=O) groups is 2. The summed E-state index contributed by atoms with van der Waals surface area (Å²) < 4.78 is 0. The summed E-state index contributed by atoms with van der Waals surface area (Å²) in [6.45, 7) is 5.58. The molecule has 1 aliphatic carbocycles. The van der Waals surface area contributed by atoms with Crippen LogP contribution in [-0.2, 0) is 15.3 Å². The largest absolute Gasteiger partial charge is 0.480 e. The van der Waals surface area contributed by atoms with Crippen LogP contribution < -0.4 is 10.9 Å². The van der Waals surface area contributed by atoms with Crippen LogP contribution >= 0.6 is 23.1 Å². The highest BCUT2D eigenvalue weighted by molar-refractivity contribution is 7.99. The molecule has 7 nitrogen and oxygen atoms in total. The van der Waals surface area contributed by atoms with Gasteiger partial charge in [-0.15, -0.1) is 23.1 Å². The van der Waals surface area contributed by atoms with Crippen LogP contribution in [0.4, 0.5) is 0 Å². The molecule has 1 amide bonds. The number of H-pyrrole nitrogens is 1. The molecule has 1 unspecified atom stereocenters. The number of hydrogen-bond donors (Lipinski definition) is 3. The summed E-state index contributed by atoms with van der Waals surface area (Å²) >= 11 is 2.80. The molecule has 1 aliphatic rings. The number of amides is 1. The Bertz CT molecular complexity index is 914. The minimum atomic E-state index is -1.08. The number of nitrogens with one attached hydrogen (secondary N) is 2. The zero-order valence-corrected chi connectivity index (χ0v) is 15.8. The predicted molar refractivity (Wildman–Crippen MR) is 98.2 cm³/mol. The lowest BCUT2D eigenvalue weighted by Crippen LogP contribution is -2.46. The molecular weight excluding hydrogens is 362 g/mol. The van der Waals surface area contributed by atoms with E-state index in [4.69, 9.17) is 5.11 Å². The van der Waals surface area contributed by atoms with Gasteiger partial charge in [0, 0.05) is 4.88 Å². The van der Waals surface area contributed by atoms with Crippen molar-refractivity contribution < 1.29 is 14.7 Å². The van der Waals surface area contributed by atoms with Crippen molar-refractivity contribution in [3.8, 4) is 0 Å². The molecule has 3 rings (SSSR count). The van der Waals surface area contributed by atoms with Crippen molar-refractivity contribution in [1.82, 2.24) is 15.3 Å². The van der Waals surface area contributed by atoms with Crippen LogP contribution in [0, 0.1) is 13.8 Å². The quantitative estimate of drug-likeness (QED) is 0.705. The summed E-state index contributed by atoms with van der Waals surface area (Å²) in [4.78, 5) is 44.6. The first-order valence-corrected chi connectivity index (χ1v) is 9.76. The molecule has 0 radical (unpaired) electrons. The van der Waals surface area contributed by atoms with Crippen molar-refractivity contribution in [3.63, 3.8) is 0 Å². The first-order chi connectivity index (χ1) is 11.7. The van der Waals surface area contributed by atoms with Crippen LogP contribution in [0.1, 0.15) is 36.0 Å². The maximum atomic E-state index is 12.2. The summed E-state index contributed by atoms with van der Waals surface area (Å²) in [5.74, 6) is -0.410. The molecule has 2 aromatic heterocycles. The number of thioether (sulfide) groups is 1. The second-order valence-corrected chi connectivity index (χ2v) is 8.84. The Morgan fingerprint density at radius 3 is 2.72 bits per heavy atom. The van der Waals surface area contributed by atoms with E-state index in [1.165, 1.54) is 23.1 Å². The number of aryl methyl sites for hydroxylation is 2. The summed E-state index contributed by atoms with van der Waals surface area (Å²) in [5.41, 5.74) is -0.296. The van der Waals surface area contributed by atoms with Gasteiger partial charge >= 0.3 is 5.97 Å². The number of thiophene rings is 1. The van der Waals surface area contributed by atoms with Crippen LogP contribution in [0.15, 0.2) is 4.79 Å². The molecular formula is C16H19N3O4S2. The number of carbonyl (C=O) groups excluding carboxylic acids is 1. The van der Waals surface area contributed by atoms with Gasteiger partial charge in [0.1, 0.15) is 16.2 Å². The van der Waals surface area contributed by atoms with Crippen LogP contribution in [0.2, 0.25) is 0 Å². The Morgan fingerprint density at radius 1 is 1.44 bits per heavy atom. The third kappa shape index (κ3) is 3.43. The Hall–Kier alpha value is -1.87. The maximum absolute atomic E-state index is 12.2. The van der Waals surface area contributed by atoms with Crippen molar-refractivity contribution in [1.29, 1.82) is 0 Å². The average Bonchev–Trinajstić information content (AvgIpc) is 3.26. The Morgan fingerprint density at radius 2 is 2.12 bits per heavy atom. The van der Waals surface area contributed by atoms with E-state index in [0.29, 0.717) is 34.6 Å². The molecule has 2 aromatic rings. The first-order valence-electron chi connectivity index (χ1n) is 7.89. The third-order valence-corrected chi connectivity index (χ3v) is 6.70. The summed E-state index contributed by atoms with van der Waals surface area (Å²) in [7, 11) is 0. The van der Waals surface area contributed by atoms with Crippen LogP contribution in [0.5, 0.6) is 0 Å². The van der Waals surface area contributed by atoms with E-state index >= 15 is 0 Å². The highest BCUT2D eigenvalue weighted by Gasteiger charge is 2.52. The predicted octanol–water partition coefficient (Wildman–Crippen LogP) is 1.96. The highest BCUT2D eigenvalue weighted by Crippen LogP contribution is 2.36. The molecule has 0 aliphatic heterocycles. The molecule has 134 valence electrons. The van der Waals surface area contributed by atoms with Gasteiger partial charge in [-0.1, -0.05) is 0 Å². The van der Waals surface area contributed by atoms with E-state index in [1.807, 2.05) is 13.8 Å². The highest BCUT2D eigenvalue weighted by atomic mass is 32.2. The lowest BCUT2D eigenvalue weighted by Gasteiger charge is -2.16. The number of hydrogen-bond acceptors (Lipinski definition) is 6. The number of carboxylic acids is 1. The molecule has 0 aromatic carbocycles. The van der Waals surface area contributed by atoms with E-state index in [1.54, 1.807) is 6.92 Å². The molecule has 9 heteroatoms. The van der Waals surface area contributed by atoms with Crippen LogP contribution in [-0.4, -0.2) is 37.7 Å². The zero-order chi connectivity index (χ0) is 18.4. The summed E-state index contributed by atoms with van der Waals surface area (Å²) in [5, 5.41) is 11.9. The summed E-state index contributed by atoms with van der Waals surface area (Å²) in [6, 6.07) is 0. The van der Waals surface area contributed by atoms with Crippen molar-refractivity contribution >= 4 is 45.2 Å². The fraction of sp³-hybridized carbons (Fsp3) is 0.500. The molecule has 2 heterocycles. The van der Waals surface area contributed by atoms with Crippen LogP contribution in [0.25, 0.3) is 10.2 Å². The number of fused-ring (bicyclic) bond motifs is 1. The number of nitrogens with zero attached hydrogens (tertiary/aromatic N) is 1. The SMILES string of the molecule is Cc1sc2nc(CSC(C)C(=O)NC3(C(=O)O)CC3)[nH]c(=O)c2c1C. The second kappa shape index (κ2) is 6.45. The minimum Gasteiger partial charge on any atom is -0.480 e. The standard InChI is InChI=1S/C16H19N3O4S2/c1-7-8(2)25-14-11(7)13(21)17-10(18-14)6-24-9(3)12(20)19-16(4-5-16)15(22)23/h9H,4-6H2,1-3H3,(H,19,20)(H,22,23)(H,17,18,21). The first kappa shape index (κ1) is 17.9. The van der Waals surface area contributed by atoms with Crippen molar-refractivity contribution in [2.75, 3.05) is 0 Å². The zero-order valence-electron chi connectivity index (χ0n) is 14.1. The minimum absolute atomic E-state index is 0.164. The number of rotatable bonds is 6. The molecule has 0 spiro atoms. The Balaban J connectivity index is 1.67. The molecule has 0 bridgehead atoms. The van der Waals surface area contributed by atoms with Gasteiger partial charge in [-0.05, 0) is 39.2 Å². The van der Waals surface area contributed by atoms with Gasteiger partial charge in [0.05, 0.1) is 16.4 Å². The maximum Gasteiger partial charge on any atom is 0.329 e. The van der Waals surface area contributed by atoms with E-state index < -0.39 is 16.8 Å². The van der Waals surface area contributed by atoms with Gasteiger partial charge in [-0.3, -0.25) is 9.59 Å². The topological polar surface area (TPSA) is 112 Å². The second-order valence-electron chi connectivity index (χ2n) is 6.31. The third-order valence-electron chi connectivity index (χ3n) is 4.45. The molecule has 1 fully saturated rings. The lowest BCUT2D eigenvalue weighted by molar-refractivity contribution is -0.143. The molecule has 25 heavy (non-hydrogen) atoms.